The van der Waals surface area contributed by atoms with Crippen molar-refractivity contribution in [1.82, 2.24) is 4.90 Å². The van der Waals surface area contributed by atoms with Crippen LogP contribution >= 0.6 is 0 Å². The SMILES string of the molecule is CCCC[C@H]1CCC[C@H](O[C@H]2CC[C@H](N(C)C)[C@@H](C)O2)[C@@H](C)C(=O)C2=CC3C4C[C@H](O[C@@H]5O[C@@H](C)[C@H](O)[C@@H](O)[C@H]5OC)CC4CCC3C2CC(=O)O1. The van der Waals surface area contributed by atoms with E-state index in [2.05, 4.69) is 38.9 Å². The second-order valence-corrected chi connectivity index (χ2v) is 17.2. The molecule has 0 aromatic carbocycles. The smallest absolute Gasteiger partial charge is 0.306 e. The molecule has 11 heteroatoms. The van der Waals surface area contributed by atoms with Gasteiger partial charge in [-0.05, 0) is 121 Å². The Bertz CT molecular complexity index is 1240. The van der Waals surface area contributed by atoms with Gasteiger partial charge in [0.05, 0.1) is 30.8 Å². The molecule has 3 saturated heterocycles. The summed E-state index contributed by atoms with van der Waals surface area (Å²) in [6, 6.07) is 0.334. The highest BCUT2D eigenvalue weighted by Crippen LogP contribution is 2.57. The molecule has 0 aromatic rings. The third kappa shape index (κ3) is 8.67. The van der Waals surface area contributed by atoms with E-state index in [-0.39, 0.29) is 72.6 Å². The molecule has 5 unspecified atom stereocenters. The Hall–Kier alpha value is -1.44. The fraction of sp³-hybridized carbons (Fsp3) is 0.902. The largest absolute Gasteiger partial charge is 0.462 e. The molecule has 0 bridgehead atoms. The minimum atomic E-state index is -1.10. The summed E-state index contributed by atoms with van der Waals surface area (Å²) in [5.74, 6) is 0.458. The van der Waals surface area contributed by atoms with Crippen molar-refractivity contribution in [3.63, 3.8) is 0 Å². The van der Waals surface area contributed by atoms with E-state index in [0.29, 0.717) is 24.3 Å². The van der Waals surface area contributed by atoms with Gasteiger partial charge in [0.2, 0.25) is 0 Å². The standard InChI is InChI=1S/C41H67NO10/c1-8-9-11-26-12-10-13-34(52-36-17-16-33(42(5)6)23(3)48-36)22(2)37(44)32-20-30-28(31(32)21-35(43)50-26)15-14-25-18-27(19-29(25)30)51-41-40(47-7)39(46)38(45)24(4)49-41/h20,22-31,33-34,36,38-41,45-46H,8-19,21H2,1-7H3/t22-,23-,24+,25?,26+,27-,28?,29?,30?,31?,33+,34+,36+,38+,39-,40-,41+/m1/s1. The van der Waals surface area contributed by atoms with Crippen molar-refractivity contribution < 1.29 is 48.2 Å². The third-order valence-electron chi connectivity index (χ3n) is 13.7. The first-order valence-electron chi connectivity index (χ1n) is 20.5. The third-order valence-corrected chi connectivity index (χ3v) is 13.7. The van der Waals surface area contributed by atoms with E-state index in [1.54, 1.807) is 6.92 Å². The molecule has 0 aromatic heterocycles. The predicted octanol–water partition coefficient (Wildman–Crippen LogP) is 5.18. The van der Waals surface area contributed by atoms with Crippen molar-refractivity contribution in [1.29, 1.82) is 0 Å². The van der Waals surface area contributed by atoms with E-state index >= 15 is 0 Å². The molecule has 6 aliphatic rings. The predicted molar refractivity (Wildman–Crippen MR) is 194 cm³/mol. The van der Waals surface area contributed by atoms with E-state index < -0.39 is 30.7 Å². The van der Waals surface area contributed by atoms with Gasteiger partial charge in [0.1, 0.15) is 24.4 Å². The van der Waals surface area contributed by atoms with Crippen molar-refractivity contribution in [3.8, 4) is 0 Å². The Kier molecular flexibility index (Phi) is 13.6. The number of unbranched alkanes of at least 4 members (excludes halogenated alkanes) is 1. The summed E-state index contributed by atoms with van der Waals surface area (Å²) >= 11 is 0. The van der Waals surface area contributed by atoms with Crippen LogP contribution in [0.15, 0.2) is 11.6 Å². The van der Waals surface area contributed by atoms with Gasteiger partial charge in [0.15, 0.2) is 18.4 Å². The lowest BCUT2D eigenvalue weighted by molar-refractivity contribution is -0.308. The van der Waals surface area contributed by atoms with Gasteiger partial charge in [-0.2, -0.15) is 0 Å². The van der Waals surface area contributed by atoms with Crippen LogP contribution in [-0.2, 0) is 38.0 Å². The number of carbonyl (C=O) groups is 2. The number of aliphatic hydroxyl groups is 2. The first kappa shape index (κ1) is 40.2. The molecule has 6 rings (SSSR count). The lowest BCUT2D eigenvalue weighted by Crippen LogP contribution is -2.58. The molecule has 0 radical (unpaired) electrons. The maximum atomic E-state index is 14.7. The van der Waals surface area contributed by atoms with Crippen LogP contribution in [0.3, 0.4) is 0 Å². The first-order valence-corrected chi connectivity index (χ1v) is 20.5. The van der Waals surface area contributed by atoms with Gasteiger partial charge in [0, 0.05) is 25.0 Å². The molecule has 5 fully saturated rings. The number of ether oxygens (including phenoxy) is 6. The number of hydrogen-bond acceptors (Lipinski definition) is 11. The van der Waals surface area contributed by atoms with Gasteiger partial charge in [-0.1, -0.05) is 32.8 Å². The second kappa shape index (κ2) is 17.6. The average molecular weight is 734 g/mol. The molecule has 3 heterocycles. The summed E-state index contributed by atoms with van der Waals surface area (Å²) in [4.78, 5) is 30.6. The highest BCUT2D eigenvalue weighted by molar-refractivity contribution is 5.99. The number of cyclic esters (lactones) is 1. The van der Waals surface area contributed by atoms with Crippen LogP contribution in [0.4, 0.5) is 0 Å². The molecule has 52 heavy (non-hydrogen) atoms. The van der Waals surface area contributed by atoms with Gasteiger partial charge in [-0.25, -0.2) is 0 Å². The molecule has 0 amide bonds. The number of carbonyl (C=O) groups excluding carboxylic acids is 2. The minimum Gasteiger partial charge on any atom is -0.462 e. The maximum Gasteiger partial charge on any atom is 0.306 e. The lowest BCUT2D eigenvalue weighted by atomic mass is 9.66. The zero-order chi connectivity index (χ0) is 37.3. The van der Waals surface area contributed by atoms with Gasteiger partial charge >= 0.3 is 5.97 Å². The van der Waals surface area contributed by atoms with Crippen LogP contribution in [-0.4, -0.2) is 116 Å². The molecule has 0 spiro atoms. The molecular formula is C41H67NO10. The number of allylic oxidation sites excluding steroid dienone is 2. The molecule has 296 valence electrons. The van der Waals surface area contributed by atoms with Crippen LogP contribution in [0, 0.1) is 35.5 Å². The van der Waals surface area contributed by atoms with Gasteiger partial charge < -0.3 is 43.5 Å². The van der Waals surface area contributed by atoms with Crippen molar-refractivity contribution in [2.24, 2.45) is 35.5 Å². The number of esters is 1. The Morgan fingerprint density at radius 1 is 0.904 bits per heavy atom. The van der Waals surface area contributed by atoms with Crippen molar-refractivity contribution in [2.45, 2.75) is 179 Å². The summed E-state index contributed by atoms with van der Waals surface area (Å²) in [5.41, 5.74) is 0.787. The number of nitrogens with zero attached hydrogens (tertiary/aromatic N) is 1. The van der Waals surface area contributed by atoms with Crippen molar-refractivity contribution in [3.05, 3.63) is 11.6 Å². The Morgan fingerprint density at radius 3 is 2.40 bits per heavy atom. The van der Waals surface area contributed by atoms with Crippen LogP contribution in [0.25, 0.3) is 0 Å². The normalized spacial score (nSPS) is 46.0. The average Bonchev–Trinajstić information content (AvgIpc) is 3.69. The van der Waals surface area contributed by atoms with Crippen LogP contribution < -0.4 is 0 Å². The number of fused-ring (bicyclic) bond motifs is 5. The number of likely N-dealkylation sites (N-methyl/N-ethyl adjacent to an activating group) is 1. The lowest BCUT2D eigenvalue weighted by Gasteiger charge is -2.41. The van der Waals surface area contributed by atoms with Crippen molar-refractivity contribution >= 4 is 11.8 Å². The van der Waals surface area contributed by atoms with E-state index in [9.17, 15) is 19.8 Å². The molecular weight excluding hydrogens is 666 g/mol. The maximum absolute atomic E-state index is 14.7. The molecule has 2 saturated carbocycles. The number of ketones is 1. The minimum absolute atomic E-state index is 0.0335. The van der Waals surface area contributed by atoms with Crippen LogP contribution in [0.5, 0.6) is 0 Å². The topological polar surface area (TPSA) is 133 Å². The Labute approximate surface area is 311 Å². The summed E-state index contributed by atoms with van der Waals surface area (Å²) in [7, 11) is 5.67. The number of aliphatic hydroxyl groups excluding tert-OH is 2. The summed E-state index contributed by atoms with van der Waals surface area (Å²) in [6.45, 7) is 8.02. The number of rotatable bonds is 9. The van der Waals surface area contributed by atoms with Gasteiger partial charge in [-0.3, -0.25) is 9.59 Å². The van der Waals surface area contributed by atoms with Gasteiger partial charge in [0.25, 0.3) is 0 Å². The Balaban J connectivity index is 1.21. The van der Waals surface area contributed by atoms with Crippen LogP contribution in [0.1, 0.15) is 111 Å². The van der Waals surface area contributed by atoms with Crippen LogP contribution in [0.2, 0.25) is 0 Å². The number of methoxy groups -OCH3 is 1. The van der Waals surface area contributed by atoms with Crippen molar-refractivity contribution in [2.75, 3.05) is 21.2 Å². The number of Topliss-reactive ketones (excluding diaryl/α,β-unsaturated/α-hetero) is 1. The molecule has 11 nitrogen and oxygen atoms in total. The van der Waals surface area contributed by atoms with Gasteiger partial charge in [-0.15, -0.1) is 0 Å². The molecule has 3 aliphatic carbocycles. The number of hydrogen-bond donors (Lipinski definition) is 2. The Morgan fingerprint density at radius 2 is 1.69 bits per heavy atom. The summed E-state index contributed by atoms with van der Waals surface area (Å²) < 4.78 is 37.4. The monoisotopic (exact) mass is 733 g/mol. The fourth-order valence-electron chi connectivity index (χ4n) is 10.7. The summed E-state index contributed by atoms with van der Waals surface area (Å²) in [5, 5.41) is 21.0. The molecule has 17 atom stereocenters. The first-order chi connectivity index (χ1) is 24.9. The van der Waals surface area contributed by atoms with E-state index in [4.69, 9.17) is 28.4 Å². The van der Waals surface area contributed by atoms with E-state index in [1.807, 2.05) is 6.92 Å². The zero-order valence-electron chi connectivity index (χ0n) is 32.7. The quantitative estimate of drug-likeness (QED) is 0.304. The summed E-state index contributed by atoms with van der Waals surface area (Å²) in [6.07, 6.45) is 7.92. The highest BCUT2D eigenvalue weighted by atomic mass is 16.7. The zero-order valence-corrected chi connectivity index (χ0v) is 32.7. The molecule has 3 aliphatic heterocycles. The fourth-order valence-corrected chi connectivity index (χ4v) is 10.7. The molecule has 2 N–H and O–H groups in total. The van der Waals surface area contributed by atoms with E-state index in [1.165, 1.54) is 7.11 Å². The highest BCUT2D eigenvalue weighted by Gasteiger charge is 2.53. The second-order valence-electron chi connectivity index (χ2n) is 17.2. The van der Waals surface area contributed by atoms with E-state index in [0.717, 1.165) is 76.2 Å².